The van der Waals surface area contributed by atoms with Crippen molar-refractivity contribution in [3.05, 3.63) is 81.6 Å². The molecule has 1 aromatic heterocycles. The van der Waals surface area contributed by atoms with Crippen LogP contribution in [0.1, 0.15) is 35.8 Å². The Morgan fingerprint density at radius 2 is 1.89 bits per heavy atom. The summed E-state index contributed by atoms with van der Waals surface area (Å²) in [4.78, 5) is 17.6. The molecule has 4 rings (SSSR count). The van der Waals surface area contributed by atoms with Crippen molar-refractivity contribution in [3.8, 4) is 5.69 Å². The second-order valence-corrected chi connectivity index (χ2v) is 7.02. The molecule has 1 unspecified atom stereocenters. The minimum atomic E-state index is -1.17. The van der Waals surface area contributed by atoms with Gasteiger partial charge in [-0.3, -0.25) is 9.36 Å². The Morgan fingerprint density at radius 1 is 1.21 bits per heavy atom. The summed E-state index contributed by atoms with van der Waals surface area (Å²) >= 11 is 3.46. The Hall–Kier alpha value is -2.84. The number of aliphatic hydroxyl groups excluding tert-OH is 1. The third-order valence-electron chi connectivity index (χ3n) is 4.03. The zero-order valence-electron chi connectivity index (χ0n) is 15.1. The molecule has 0 saturated heterocycles. The number of hydrogen-bond acceptors (Lipinski definition) is 4. The number of carboxylic acids is 1. The molecule has 0 aliphatic carbocycles. The SMILES string of the molecule is CC(=O)O.Cc1cnc2n1-c1ccc(Br)cc1C(c1ccccc1F)=NC2O. The van der Waals surface area contributed by atoms with Gasteiger partial charge in [0.25, 0.3) is 5.97 Å². The lowest BCUT2D eigenvalue weighted by Crippen LogP contribution is -2.09. The normalized spacial score (nSPS) is 14.8. The molecule has 3 aromatic rings. The Bertz CT molecular complexity index is 1070. The molecule has 0 amide bonds. The van der Waals surface area contributed by atoms with Crippen molar-refractivity contribution in [2.75, 3.05) is 0 Å². The number of rotatable bonds is 1. The molecule has 0 spiro atoms. The van der Waals surface area contributed by atoms with Crippen LogP contribution in [-0.4, -0.2) is 31.4 Å². The van der Waals surface area contributed by atoms with Gasteiger partial charge >= 0.3 is 0 Å². The smallest absolute Gasteiger partial charge is 0.300 e. The third-order valence-corrected chi connectivity index (χ3v) is 4.52. The van der Waals surface area contributed by atoms with Gasteiger partial charge in [-0.2, -0.15) is 0 Å². The maximum absolute atomic E-state index is 14.4. The van der Waals surface area contributed by atoms with Crippen LogP contribution in [0.15, 0.2) is 58.1 Å². The van der Waals surface area contributed by atoms with Gasteiger partial charge in [0.15, 0.2) is 5.82 Å². The van der Waals surface area contributed by atoms with Crippen molar-refractivity contribution in [1.82, 2.24) is 9.55 Å². The number of aliphatic hydroxyl groups is 1. The molecule has 0 bridgehead atoms. The molecular formula is C20H17BrFN3O3. The Labute approximate surface area is 169 Å². The van der Waals surface area contributed by atoms with E-state index in [0.717, 1.165) is 28.3 Å². The number of imidazole rings is 1. The maximum atomic E-state index is 14.4. The lowest BCUT2D eigenvalue weighted by molar-refractivity contribution is -0.134. The van der Waals surface area contributed by atoms with Crippen LogP contribution in [0.5, 0.6) is 0 Å². The molecule has 8 heteroatoms. The summed E-state index contributed by atoms with van der Waals surface area (Å²) in [6, 6.07) is 12.1. The van der Waals surface area contributed by atoms with Crippen LogP contribution in [0.3, 0.4) is 0 Å². The fourth-order valence-corrected chi connectivity index (χ4v) is 3.32. The monoisotopic (exact) mass is 445 g/mol. The molecule has 2 heterocycles. The number of fused-ring (bicyclic) bond motifs is 3. The summed E-state index contributed by atoms with van der Waals surface area (Å²) in [7, 11) is 0. The first-order chi connectivity index (χ1) is 13.3. The third kappa shape index (κ3) is 3.88. The molecule has 2 N–H and O–H groups in total. The zero-order valence-corrected chi connectivity index (χ0v) is 16.7. The summed E-state index contributed by atoms with van der Waals surface area (Å²) in [5, 5.41) is 17.9. The predicted molar refractivity (Wildman–Crippen MR) is 106 cm³/mol. The molecule has 6 nitrogen and oxygen atoms in total. The second kappa shape index (κ2) is 8.04. The summed E-state index contributed by atoms with van der Waals surface area (Å²) in [6.07, 6.45) is 0.521. The molecule has 0 fully saturated rings. The number of hydrogen-bond donors (Lipinski definition) is 2. The van der Waals surface area contributed by atoms with Crippen LogP contribution >= 0.6 is 15.9 Å². The van der Waals surface area contributed by atoms with E-state index in [9.17, 15) is 9.50 Å². The van der Waals surface area contributed by atoms with E-state index in [1.165, 1.54) is 6.07 Å². The zero-order chi connectivity index (χ0) is 20.4. The van der Waals surface area contributed by atoms with E-state index < -0.39 is 12.2 Å². The van der Waals surface area contributed by atoms with Crippen molar-refractivity contribution < 1.29 is 19.4 Å². The fourth-order valence-electron chi connectivity index (χ4n) is 2.96. The number of nitrogens with zero attached hydrogens (tertiary/aromatic N) is 3. The lowest BCUT2D eigenvalue weighted by Gasteiger charge is -2.14. The molecular weight excluding hydrogens is 429 g/mol. The van der Waals surface area contributed by atoms with Crippen LogP contribution in [0.25, 0.3) is 5.69 Å². The highest BCUT2D eigenvalue weighted by molar-refractivity contribution is 9.10. The summed E-state index contributed by atoms with van der Waals surface area (Å²) in [6.45, 7) is 2.99. The number of benzene rings is 2. The average molecular weight is 446 g/mol. The molecule has 28 heavy (non-hydrogen) atoms. The highest BCUT2D eigenvalue weighted by Crippen LogP contribution is 2.32. The average Bonchev–Trinajstić information content (AvgIpc) is 2.96. The van der Waals surface area contributed by atoms with Crippen molar-refractivity contribution in [2.24, 2.45) is 4.99 Å². The van der Waals surface area contributed by atoms with E-state index in [1.807, 2.05) is 29.7 Å². The molecule has 0 saturated carbocycles. The van der Waals surface area contributed by atoms with Gasteiger partial charge in [0.1, 0.15) is 5.82 Å². The first-order valence-corrected chi connectivity index (χ1v) is 9.13. The summed E-state index contributed by atoms with van der Waals surface area (Å²) in [5.74, 6) is -0.798. The fraction of sp³-hybridized carbons (Fsp3) is 0.150. The standard InChI is InChI=1S/C18H13BrFN3O.C2H4O2/c1-10-9-21-17-18(24)22-16(12-4-2-3-5-14(12)20)13-8-11(19)6-7-15(13)23(10)17;1-2(3)4/h2-9,18,24H,1H3;1H3,(H,3,4). The Morgan fingerprint density at radius 3 is 2.57 bits per heavy atom. The first kappa shape index (κ1) is 19.9. The second-order valence-electron chi connectivity index (χ2n) is 6.10. The van der Waals surface area contributed by atoms with Crippen LogP contribution in [0, 0.1) is 12.7 Å². The van der Waals surface area contributed by atoms with E-state index in [1.54, 1.807) is 24.4 Å². The number of carboxylic acid groups (broad SMARTS) is 1. The molecule has 2 aromatic carbocycles. The van der Waals surface area contributed by atoms with Gasteiger partial charge in [-0.25, -0.2) is 14.4 Å². The van der Waals surface area contributed by atoms with Gasteiger partial charge < -0.3 is 10.2 Å². The first-order valence-electron chi connectivity index (χ1n) is 8.34. The van der Waals surface area contributed by atoms with Gasteiger partial charge in [-0.15, -0.1) is 0 Å². The molecule has 144 valence electrons. The van der Waals surface area contributed by atoms with E-state index in [2.05, 4.69) is 25.9 Å². The highest BCUT2D eigenvalue weighted by atomic mass is 79.9. The van der Waals surface area contributed by atoms with Crippen LogP contribution in [0.2, 0.25) is 0 Å². The molecule has 1 aliphatic heterocycles. The lowest BCUT2D eigenvalue weighted by atomic mass is 10.00. The summed E-state index contributed by atoms with van der Waals surface area (Å²) in [5.41, 5.74) is 3.16. The van der Waals surface area contributed by atoms with E-state index in [4.69, 9.17) is 9.90 Å². The van der Waals surface area contributed by atoms with Gasteiger partial charge in [0.2, 0.25) is 6.23 Å². The largest absolute Gasteiger partial charge is 0.481 e. The van der Waals surface area contributed by atoms with Crippen molar-refractivity contribution in [3.63, 3.8) is 0 Å². The minimum Gasteiger partial charge on any atom is -0.481 e. The number of carbonyl (C=O) groups is 1. The van der Waals surface area contributed by atoms with Gasteiger partial charge in [-0.1, -0.05) is 28.1 Å². The van der Waals surface area contributed by atoms with E-state index >= 15 is 0 Å². The van der Waals surface area contributed by atoms with Crippen LogP contribution in [-0.2, 0) is 4.79 Å². The van der Waals surface area contributed by atoms with Crippen molar-refractivity contribution in [1.29, 1.82) is 0 Å². The van der Waals surface area contributed by atoms with Crippen LogP contribution < -0.4 is 0 Å². The van der Waals surface area contributed by atoms with Crippen molar-refractivity contribution >= 4 is 27.6 Å². The minimum absolute atomic E-state index is 0.347. The number of aromatic nitrogens is 2. The van der Waals surface area contributed by atoms with E-state index in [0.29, 0.717) is 17.1 Å². The Kier molecular flexibility index (Phi) is 5.71. The van der Waals surface area contributed by atoms with Gasteiger partial charge in [0.05, 0.1) is 11.4 Å². The number of aliphatic carboxylic acids is 1. The number of aliphatic imine (C=N–C) groups is 1. The highest BCUT2D eigenvalue weighted by Gasteiger charge is 2.26. The Balaban J connectivity index is 0.000000516. The predicted octanol–water partition coefficient (Wildman–Crippen LogP) is 4.02. The van der Waals surface area contributed by atoms with Crippen LogP contribution in [0.4, 0.5) is 4.39 Å². The topological polar surface area (TPSA) is 87.7 Å². The molecule has 0 radical (unpaired) electrons. The quantitative estimate of drug-likeness (QED) is 0.591. The van der Waals surface area contributed by atoms with Gasteiger partial charge in [-0.05, 0) is 37.3 Å². The number of halogens is 2. The maximum Gasteiger partial charge on any atom is 0.300 e. The molecule has 1 aliphatic rings. The van der Waals surface area contributed by atoms with Gasteiger partial charge in [0, 0.05) is 34.4 Å². The van der Waals surface area contributed by atoms with Crippen molar-refractivity contribution in [2.45, 2.75) is 20.1 Å². The summed E-state index contributed by atoms with van der Waals surface area (Å²) < 4.78 is 17.1. The number of aryl methyl sites for hydroxylation is 1. The molecule has 1 atom stereocenters. The van der Waals surface area contributed by atoms with E-state index in [-0.39, 0.29) is 5.82 Å².